The van der Waals surface area contributed by atoms with Gasteiger partial charge in [-0.2, -0.15) is 0 Å². The van der Waals surface area contributed by atoms with E-state index in [1.165, 1.54) is 83.3 Å². The Morgan fingerprint density at radius 3 is 2.12 bits per heavy atom. The summed E-state index contributed by atoms with van der Waals surface area (Å²) in [7, 11) is 0. The van der Waals surface area contributed by atoms with Gasteiger partial charge < -0.3 is 14.3 Å². The van der Waals surface area contributed by atoms with Gasteiger partial charge in [0.05, 0.1) is 6.10 Å². The fourth-order valence-electron chi connectivity index (χ4n) is 7.71. The fourth-order valence-corrected chi connectivity index (χ4v) is 7.71. The third kappa shape index (κ3) is 7.08. The number of aldehydes is 1. The van der Waals surface area contributed by atoms with Gasteiger partial charge in [0.25, 0.3) is 0 Å². The van der Waals surface area contributed by atoms with Gasteiger partial charge in [0.15, 0.2) is 0 Å². The fraction of sp³-hybridized carbons (Fsp3) is 0.933. The highest BCUT2D eigenvalue weighted by Crippen LogP contribution is 2.55. The van der Waals surface area contributed by atoms with Gasteiger partial charge in [0.1, 0.15) is 12.4 Å². The molecule has 0 radical (unpaired) electrons. The predicted octanol–water partition coefficient (Wildman–Crippen LogP) is 7.42. The Morgan fingerprint density at radius 1 is 0.882 bits per heavy atom. The maximum absolute atomic E-state index is 12.0. The molecule has 1 atom stereocenters. The van der Waals surface area contributed by atoms with Crippen molar-refractivity contribution in [1.29, 1.82) is 0 Å². The van der Waals surface area contributed by atoms with E-state index >= 15 is 0 Å². The molecule has 0 spiro atoms. The van der Waals surface area contributed by atoms with E-state index in [9.17, 15) is 9.59 Å². The van der Waals surface area contributed by atoms with Crippen molar-refractivity contribution in [1.82, 2.24) is 0 Å². The molecule has 1 unspecified atom stereocenters. The van der Waals surface area contributed by atoms with Crippen molar-refractivity contribution >= 4 is 12.3 Å². The molecule has 4 nitrogen and oxygen atoms in total. The second-order valence-electron chi connectivity index (χ2n) is 12.4. The van der Waals surface area contributed by atoms with E-state index in [0.29, 0.717) is 23.9 Å². The highest BCUT2D eigenvalue weighted by atomic mass is 16.5. The molecule has 0 aromatic rings. The van der Waals surface area contributed by atoms with Gasteiger partial charge in [-0.15, -0.1) is 0 Å². The van der Waals surface area contributed by atoms with Gasteiger partial charge in [0, 0.05) is 18.9 Å². The zero-order valence-corrected chi connectivity index (χ0v) is 21.8. The van der Waals surface area contributed by atoms with Crippen molar-refractivity contribution in [3.05, 3.63) is 0 Å². The number of carbonyl (C=O) groups is 2. The summed E-state index contributed by atoms with van der Waals surface area (Å²) in [6.07, 6.45) is 24.2. The molecule has 0 aliphatic heterocycles. The zero-order valence-electron chi connectivity index (χ0n) is 21.8. The minimum Gasteiger partial charge on any atom is -0.462 e. The standard InChI is InChI=1S/C30H50O4/c1-2-4-29(32)34-28-13-11-27(12-14-28)33-22-25-9-7-23(8-10-25)5-3-6-26(21-31)30-18-15-24(16-19-30)17-20-30/h21,23-28H,2-20,22H2,1H3/t23?,24?,25?,26?,27-,28-,30?. The van der Waals surface area contributed by atoms with Crippen LogP contribution in [0.2, 0.25) is 0 Å². The Kier molecular flexibility index (Phi) is 9.91. The van der Waals surface area contributed by atoms with E-state index in [4.69, 9.17) is 9.47 Å². The quantitative estimate of drug-likeness (QED) is 0.218. The molecule has 0 aromatic carbocycles. The molecule has 5 saturated carbocycles. The van der Waals surface area contributed by atoms with Crippen LogP contribution in [0.1, 0.15) is 129 Å². The summed E-state index contributed by atoms with van der Waals surface area (Å²) in [6.45, 7) is 2.93. The van der Waals surface area contributed by atoms with Crippen molar-refractivity contribution in [3.63, 3.8) is 0 Å². The molecule has 5 aliphatic rings. The summed E-state index contributed by atoms with van der Waals surface area (Å²) in [5.41, 5.74) is 0.377. The van der Waals surface area contributed by atoms with Gasteiger partial charge in [0.2, 0.25) is 0 Å². The predicted molar refractivity (Wildman–Crippen MR) is 135 cm³/mol. The highest BCUT2D eigenvalue weighted by Gasteiger charge is 2.45. The first-order valence-electron chi connectivity index (χ1n) is 14.9. The first-order chi connectivity index (χ1) is 16.6. The molecule has 5 fully saturated rings. The molecule has 0 aromatic heterocycles. The first kappa shape index (κ1) is 26.2. The topological polar surface area (TPSA) is 52.6 Å². The summed E-state index contributed by atoms with van der Waals surface area (Å²) < 4.78 is 11.9. The van der Waals surface area contributed by atoms with Gasteiger partial charge in [-0.05, 0) is 113 Å². The minimum absolute atomic E-state index is 0.0360. The molecule has 5 aliphatic carbocycles. The van der Waals surface area contributed by atoms with E-state index < -0.39 is 0 Å². The number of carbonyl (C=O) groups excluding carboxylic acids is 2. The molecule has 0 saturated heterocycles. The van der Waals surface area contributed by atoms with Crippen LogP contribution in [0.25, 0.3) is 0 Å². The van der Waals surface area contributed by atoms with Crippen LogP contribution in [0.15, 0.2) is 0 Å². The molecule has 0 heterocycles. The third-order valence-corrected chi connectivity index (χ3v) is 10.1. The Hall–Kier alpha value is -0.900. The zero-order chi connectivity index (χ0) is 23.8. The molecule has 2 bridgehead atoms. The Bertz CT molecular complexity index is 608. The molecular formula is C30H50O4. The smallest absolute Gasteiger partial charge is 0.306 e. The lowest BCUT2D eigenvalue weighted by molar-refractivity contribution is -0.152. The number of ether oxygens (including phenoxy) is 2. The van der Waals surface area contributed by atoms with E-state index in [2.05, 4.69) is 0 Å². The van der Waals surface area contributed by atoms with E-state index in [-0.39, 0.29) is 12.1 Å². The van der Waals surface area contributed by atoms with Crippen molar-refractivity contribution in [2.45, 2.75) is 141 Å². The Labute approximate surface area is 208 Å². The average molecular weight is 475 g/mol. The molecule has 4 heteroatoms. The Morgan fingerprint density at radius 2 is 1.50 bits per heavy atom. The van der Waals surface area contributed by atoms with Crippen molar-refractivity contribution in [2.75, 3.05) is 6.61 Å². The van der Waals surface area contributed by atoms with Gasteiger partial charge in [-0.25, -0.2) is 0 Å². The summed E-state index contributed by atoms with van der Waals surface area (Å²) in [5.74, 6) is 2.83. The number of fused-ring (bicyclic) bond motifs is 3. The maximum Gasteiger partial charge on any atom is 0.306 e. The second kappa shape index (κ2) is 12.9. The molecule has 0 N–H and O–H groups in total. The van der Waals surface area contributed by atoms with Crippen molar-refractivity contribution in [2.24, 2.45) is 29.1 Å². The highest BCUT2D eigenvalue weighted by molar-refractivity contribution is 5.69. The normalized spacial score (nSPS) is 36.7. The molecule has 5 rings (SSSR count). The number of hydrogen-bond donors (Lipinski definition) is 0. The second-order valence-corrected chi connectivity index (χ2v) is 12.4. The van der Waals surface area contributed by atoms with Gasteiger partial charge >= 0.3 is 5.97 Å². The number of esters is 1. The molecule has 34 heavy (non-hydrogen) atoms. The minimum atomic E-state index is -0.0360. The van der Waals surface area contributed by atoms with Crippen molar-refractivity contribution in [3.8, 4) is 0 Å². The van der Waals surface area contributed by atoms with Crippen LogP contribution < -0.4 is 0 Å². The summed E-state index contributed by atoms with van der Waals surface area (Å²) in [5, 5.41) is 0. The lowest BCUT2D eigenvalue weighted by atomic mass is 9.55. The molecule has 0 amide bonds. The monoisotopic (exact) mass is 474 g/mol. The Balaban J connectivity index is 1.06. The van der Waals surface area contributed by atoms with Crippen LogP contribution in [0.5, 0.6) is 0 Å². The van der Waals surface area contributed by atoms with Gasteiger partial charge in [-0.3, -0.25) is 4.79 Å². The van der Waals surface area contributed by atoms with E-state index in [1.54, 1.807) is 0 Å². The van der Waals surface area contributed by atoms with E-state index in [1.807, 2.05) is 6.92 Å². The largest absolute Gasteiger partial charge is 0.462 e. The lowest BCUT2D eigenvalue weighted by Gasteiger charge is -2.49. The number of rotatable bonds is 12. The maximum atomic E-state index is 12.0. The van der Waals surface area contributed by atoms with Crippen LogP contribution in [0, 0.1) is 29.1 Å². The van der Waals surface area contributed by atoms with Crippen LogP contribution in [0.3, 0.4) is 0 Å². The average Bonchev–Trinajstić information content (AvgIpc) is 2.88. The van der Waals surface area contributed by atoms with Crippen LogP contribution in [-0.2, 0) is 19.1 Å². The molecular weight excluding hydrogens is 424 g/mol. The van der Waals surface area contributed by atoms with Crippen LogP contribution >= 0.6 is 0 Å². The SMILES string of the molecule is CCCC(=O)O[C@H]1CC[C@H](OCC2CCC(CCCC(C=O)C34CCC(CC3)CC4)CC2)CC1. The summed E-state index contributed by atoms with van der Waals surface area (Å²) >= 11 is 0. The lowest BCUT2D eigenvalue weighted by Crippen LogP contribution is -2.40. The van der Waals surface area contributed by atoms with Gasteiger partial charge in [-0.1, -0.05) is 32.6 Å². The summed E-state index contributed by atoms with van der Waals surface area (Å²) in [6, 6.07) is 0. The third-order valence-electron chi connectivity index (χ3n) is 10.1. The first-order valence-corrected chi connectivity index (χ1v) is 14.9. The van der Waals surface area contributed by atoms with Crippen molar-refractivity contribution < 1.29 is 19.1 Å². The summed E-state index contributed by atoms with van der Waals surface area (Å²) in [4.78, 5) is 23.7. The number of hydrogen-bond acceptors (Lipinski definition) is 4. The van der Waals surface area contributed by atoms with E-state index in [0.717, 1.165) is 62.9 Å². The molecule has 194 valence electrons. The van der Waals surface area contributed by atoms with Crippen LogP contribution in [-0.4, -0.2) is 31.1 Å². The van der Waals surface area contributed by atoms with Crippen LogP contribution in [0.4, 0.5) is 0 Å².